The molecule has 1 aromatic heterocycles. The summed E-state index contributed by atoms with van der Waals surface area (Å²) in [5.41, 5.74) is 0.370. The average molecular weight is 310 g/mol. The summed E-state index contributed by atoms with van der Waals surface area (Å²) in [6.45, 7) is 2.44. The van der Waals surface area contributed by atoms with Gasteiger partial charge in [0.25, 0.3) is 5.91 Å². The molecule has 3 rings (SSSR count). The number of nitrogens with zero attached hydrogens (tertiary/aromatic N) is 3. The van der Waals surface area contributed by atoms with E-state index in [0.29, 0.717) is 5.69 Å². The molecule has 2 heterocycles. The molecule has 2 aliphatic rings. The fourth-order valence-electron chi connectivity index (χ4n) is 3.22. The lowest BCUT2D eigenvalue weighted by Crippen LogP contribution is -2.48. The summed E-state index contributed by atoms with van der Waals surface area (Å²) in [5, 5.41) is 2.97. The van der Waals surface area contributed by atoms with Crippen molar-refractivity contribution in [3.05, 3.63) is 24.3 Å². The molecule has 22 heavy (non-hydrogen) atoms. The number of alkyl halides is 2. The molecule has 1 aliphatic carbocycles. The van der Waals surface area contributed by atoms with Crippen LogP contribution < -0.4 is 5.32 Å². The fourth-order valence-corrected chi connectivity index (χ4v) is 3.22. The van der Waals surface area contributed by atoms with Gasteiger partial charge < -0.3 is 10.2 Å². The first-order valence-electron chi connectivity index (χ1n) is 7.69. The smallest absolute Gasteiger partial charge is 0.270 e. The van der Waals surface area contributed by atoms with Gasteiger partial charge in [-0.25, -0.2) is 18.7 Å². The van der Waals surface area contributed by atoms with Crippen LogP contribution in [0.2, 0.25) is 0 Å². The second-order valence-corrected chi connectivity index (χ2v) is 6.27. The molecule has 0 aromatic carbocycles. The molecule has 0 radical (unpaired) electrons. The van der Waals surface area contributed by atoms with Gasteiger partial charge in [-0.05, 0) is 24.8 Å². The number of aromatic nitrogens is 2. The number of piperidine rings is 1. The number of halogens is 2. The van der Waals surface area contributed by atoms with Crippen LogP contribution in [0.4, 0.5) is 8.78 Å². The molecule has 1 saturated heterocycles. The van der Waals surface area contributed by atoms with E-state index in [1.807, 2.05) is 0 Å². The first kappa shape index (κ1) is 15.3. The van der Waals surface area contributed by atoms with Crippen molar-refractivity contribution >= 4 is 5.91 Å². The van der Waals surface area contributed by atoms with E-state index in [-0.39, 0.29) is 30.7 Å². The predicted octanol–water partition coefficient (Wildman–Crippen LogP) is 1.72. The number of hydrogen-bond acceptors (Lipinski definition) is 4. The number of carbonyl (C=O) groups is 1. The van der Waals surface area contributed by atoms with E-state index >= 15 is 0 Å². The van der Waals surface area contributed by atoms with Crippen molar-refractivity contribution in [3.63, 3.8) is 0 Å². The van der Waals surface area contributed by atoms with Crippen molar-refractivity contribution in [2.75, 3.05) is 19.6 Å². The van der Waals surface area contributed by atoms with Crippen molar-refractivity contribution < 1.29 is 13.6 Å². The molecule has 5 nitrogen and oxygen atoms in total. The number of nitrogens with one attached hydrogen (secondary N) is 1. The highest BCUT2D eigenvalue weighted by Gasteiger charge is 2.45. The lowest BCUT2D eigenvalue weighted by molar-refractivity contribution is -0.117. The highest BCUT2D eigenvalue weighted by atomic mass is 19.3. The molecule has 0 unspecified atom stereocenters. The van der Waals surface area contributed by atoms with E-state index in [9.17, 15) is 13.6 Å². The lowest BCUT2D eigenvalue weighted by Gasteiger charge is -2.40. The van der Waals surface area contributed by atoms with Crippen LogP contribution in [-0.2, 0) is 0 Å². The molecule has 1 aromatic rings. The van der Waals surface area contributed by atoms with Crippen molar-refractivity contribution in [2.45, 2.75) is 37.6 Å². The zero-order valence-corrected chi connectivity index (χ0v) is 12.3. The third kappa shape index (κ3) is 3.76. The summed E-state index contributed by atoms with van der Waals surface area (Å²) >= 11 is 0. The summed E-state index contributed by atoms with van der Waals surface area (Å²) in [4.78, 5) is 21.9. The van der Waals surface area contributed by atoms with Crippen LogP contribution >= 0.6 is 0 Å². The van der Waals surface area contributed by atoms with Crippen LogP contribution in [0.5, 0.6) is 0 Å². The minimum absolute atomic E-state index is 0.0252. The monoisotopic (exact) mass is 310 g/mol. The third-order valence-corrected chi connectivity index (χ3v) is 4.43. The van der Waals surface area contributed by atoms with E-state index in [0.717, 1.165) is 32.5 Å². The Morgan fingerprint density at radius 2 is 2.09 bits per heavy atom. The zero-order valence-electron chi connectivity index (χ0n) is 12.3. The highest BCUT2D eigenvalue weighted by Crippen LogP contribution is 2.42. The minimum atomic E-state index is -2.44. The molecule has 120 valence electrons. The van der Waals surface area contributed by atoms with Gasteiger partial charge in [-0.1, -0.05) is 0 Å². The molecule has 1 N–H and O–H groups in total. The third-order valence-electron chi connectivity index (χ3n) is 4.43. The molecule has 1 aliphatic heterocycles. The van der Waals surface area contributed by atoms with Crippen molar-refractivity contribution in [1.82, 2.24) is 20.2 Å². The van der Waals surface area contributed by atoms with Crippen LogP contribution in [-0.4, -0.2) is 52.4 Å². The second kappa shape index (κ2) is 6.24. The maximum atomic E-state index is 12.8. The van der Waals surface area contributed by atoms with Gasteiger partial charge in [-0.3, -0.25) is 4.79 Å². The fraction of sp³-hybridized carbons (Fsp3) is 0.667. The standard InChI is InChI=1S/C15H20F2N4O/c16-15(17)7-11(8-15)9-21-5-2-12(3-6-21)20-14(22)13-1-4-18-10-19-13/h1,4,10-12H,2-3,5-9H2,(H,20,22). The summed E-state index contributed by atoms with van der Waals surface area (Å²) in [5.74, 6) is -2.49. The van der Waals surface area contributed by atoms with Crippen LogP contribution in [0.3, 0.4) is 0 Å². The molecule has 0 atom stereocenters. The molecule has 0 bridgehead atoms. The average Bonchev–Trinajstić information content (AvgIpc) is 2.48. The van der Waals surface area contributed by atoms with Gasteiger partial charge in [0.15, 0.2) is 0 Å². The zero-order chi connectivity index (χ0) is 15.6. The van der Waals surface area contributed by atoms with Crippen molar-refractivity contribution in [3.8, 4) is 0 Å². The Bertz CT molecular complexity index is 510. The minimum Gasteiger partial charge on any atom is -0.348 e. The topological polar surface area (TPSA) is 58.1 Å². The Kier molecular flexibility index (Phi) is 4.33. The molecule has 2 fully saturated rings. The van der Waals surface area contributed by atoms with Crippen LogP contribution in [0.15, 0.2) is 18.6 Å². The van der Waals surface area contributed by atoms with E-state index < -0.39 is 5.92 Å². The Hall–Kier alpha value is -1.63. The summed E-state index contributed by atoms with van der Waals surface area (Å²) in [7, 11) is 0. The second-order valence-electron chi connectivity index (χ2n) is 6.27. The number of amides is 1. The molecule has 7 heteroatoms. The van der Waals surface area contributed by atoms with Crippen LogP contribution in [0.1, 0.15) is 36.2 Å². The number of rotatable bonds is 4. The van der Waals surface area contributed by atoms with Gasteiger partial charge in [-0.2, -0.15) is 0 Å². The van der Waals surface area contributed by atoms with Gasteiger partial charge in [0.05, 0.1) is 0 Å². The first-order valence-corrected chi connectivity index (χ1v) is 7.69. The van der Waals surface area contributed by atoms with E-state index in [2.05, 4.69) is 20.2 Å². The van der Waals surface area contributed by atoms with E-state index in [1.165, 1.54) is 6.33 Å². The molecule has 1 amide bonds. The predicted molar refractivity (Wildman–Crippen MR) is 76.6 cm³/mol. The Morgan fingerprint density at radius 1 is 1.36 bits per heavy atom. The lowest BCUT2D eigenvalue weighted by atomic mass is 9.81. The van der Waals surface area contributed by atoms with Crippen LogP contribution in [0, 0.1) is 5.92 Å². The van der Waals surface area contributed by atoms with Gasteiger partial charge >= 0.3 is 0 Å². The van der Waals surface area contributed by atoms with Crippen molar-refractivity contribution in [2.24, 2.45) is 5.92 Å². The Morgan fingerprint density at radius 3 is 2.68 bits per heavy atom. The first-order chi connectivity index (χ1) is 10.5. The van der Waals surface area contributed by atoms with Gasteiger partial charge in [0, 0.05) is 44.7 Å². The Labute approximate surface area is 128 Å². The maximum Gasteiger partial charge on any atom is 0.270 e. The SMILES string of the molecule is O=C(NC1CCN(CC2CC(F)(F)C2)CC1)c1ccncn1. The Balaban J connectivity index is 1.40. The number of hydrogen-bond donors (Lipinski definition) is 1. The van der Waals surface area contributed by atoms with Gasteiger partial charge in [-0.15, -0.1) is 0 Å². The molecule has 1 saturated carbocycles. The largest absolute Gasteiger partial charge is 0.348 e. The van der Waals surface area contributed by atoms with Gasteiger partial charge in [0.1, 0.15) is 12.0 Å². The molecular weight excluding hydrogens is 290 g/mol. The quantitative estimate of drug-likeness (QED) is 0.920. The summed E-state index contributed by atoms with van der Waals surface area (Å²) in [6, 6.07) is 1.71. The highest BCUT2D eigenvalue weighted by molar-refractivity contribution is 5.92. The van der Waals surface area contributed by atoms with E-state index in [1.54, 1.807) is 12.3 Å². The number of carbonyl (C=O) groups excluding carboxylic acids is 1. The summed E-state index contributed by atoms with van der Waals surface area (Å²) < 4.78 is 25.7. The normalized spacial score (nSPS) is 23.0. The van der Waals surface area contributed by atoms with E-state index in [4.69, 9.17) is 0 Å². The van der Waals surface area contributed by atoms with Gasteiger partial charge in [0.2, 0.25) is 5.92 Å². The summed E-state index contributed by atoms with van der Waals surface area (Å²) in [6.07, 6.45) is 4.64. The van der Waals surface area contributed by atoms with Crippen molar-refractivity contribution in [1.29, 1.82) is 0 Å². The number of likely N-dealkylation sites (tertiary alicyclic amines) is 1. The molecule has 0 spiro atoms. The maximum absolute atomic E-state index is 12.8. The molecular formula is C15H20F2N4O. The van der Waals surface area contributed by atoms with Crippen LogP contribution in [0.25, 0.3) is 0 Å².